The fourth-order valence-corrected chi connectivity index (χ4v) is 3.60. The fourth-order valence-electron chi connectivity index (χ4n) is 2.49. The minimum absolute atomic E-state index is 0.262. The summed E-state index contributed by atoms with van der Waals surface area (Å²) in [5, 5.41) is 13.7. The molecular weight excluding hydrogens is 261 g/mol. The van der Waals surface area contributed by atoms with Crippen LogP contribution in [-0.2, 0) is 0 Å². The molecule has 1 aliphatic heterocycles. The number of nitrogens with one attached hydrogen (secondary N) is 1. The Kier molecular flexibility index (Phi) is 5.67. The van der Waals surface area contributed by atoms with Gasteiger partial charge in [0, 0.05) is 12.1 Å². The lowest BCUT2D eigenvalue weighted by Crippen LogP contribution is -2.39. The van der Waals surface area contributed by atoms with Crippen molar-refractivity contribution in [1.82, 2.24) is 5.32 Å². The Labute approximate surface area is 118 Å². The third-order valence-electron chi connectivity index (χ3n) is 3.57. The van der Waals surface area contributed by atoms with Crippen LogP contribution in [0.25, 0.3) is 0 Å². The predicted molar refractivity (Wildman–Crippen MR) is 78.9 cm³/mol. The maximum absolute atomic E-state index is 12.8. The standard InChI is InChI=1S/C15H22FNOS/c1-11(17-14-6-8-19-9-7-14)10-15(18)12-2-4-13(16)5-3-12/h2-5,11,14-15,17-18H,6-10H2,1H3/t11-,15-/m0/s1. The molecule has 2 N–H and O–H groups in total. The van der Waals surface area contributed by atoms with Gasteiger partial charge in [-0.25, -0.2) is 4.39 Å². The van der Waals surface area contributed by atoms with Crippen molar-refractivity contribution < 1.29 is 9.50 Å². The first-order valence-electron chi connectivity index (χ1n) is 6.92. The summed E-state index contributed by atoms with van der Waals surface area (Å²) in [5.41, 5.74) is 0.786. The lowest BCUT2D eigenvalue weighted by atomic mass is 10.0. The van der Waals surface area contributed by atoms with Gasteiger partial charge in [-0.2, -0.15) is 11.8 Å². The van der Waals surface area contributed by atoms with Gasteiger partial charge in [0.25, 0.3) is 0 Å². The highest BCUT2D eigenvalue weighted by Gasteiger charge is 2.18. The Morgan fingerprint density at radius 2 is 1.95 bits per heavy atom. The van der Waals surface area contributed by atoms with Crippen LogP contribution in [0.15, 0.2) is 24.3 Å². The van der Waals surface area contributed by atoms with Gasteiger partial charge in [0.15, 0.2) is 0 Å². The summed E-state index contributed by atoms with van der Waals surface area (Å²) in [6.45, 7) is 2.11. The van der Waals surface area contributed by atoms with Gasteiger partial charge >= 0.3 is 0 Å². The first kappa shape index (κ1) is 14.8. The Hall–Kier alpha value is -0.580. The molecule has 0 unspecified atom stereocenters. The summed E-state index contributed by atoms with van der Waals surface area (Å²) in [5.74, 6) is 2.19. The Morgan fingerprint density at radius 1 is 1.32 bits per heavy atom. The molecule has 19 heavy (non-hydrogen) atoms. The number of hydrogen-bond donors (Lipinski definition) is 2. The van der Waals surface area contributed by atoms with Crippen LogP contribution in [0.2, 0.25) is 0 Å². The molecule has 2 atom stereocenters. The molecule has 1 aromatic rings. The van der Waals surface area contributed by atoms with Crippen molar-refractivity contribution >= 4 is 11.8 Å². The predicted octanol–water partition coefficient (Wildman–Crippen LogP) is 3.12. The zero-order valence-corrected chi connectivity index (χ0v) is 12.1. The zero-order chi connectivity index (χ0) is 13.7. The SMILES string of the molecule is C[C@@H](C[C@H](O)c1ccc(F)cc1)NC1CCSCC1. The summed E-state index contributed by atoms with van der Waals surface area (Å²) in [6, 6.07) is 6.96. The van der Waals surface area contributed by atoms with Crippen LogP contribution in [0, 0.1) is 5.82 Å². The largest absolute Gasteiger partial charge is 0.388 e. The molecule has 106 valence electrons. The van der Waals surface area contributed by atoms with Gasteiger partial charge in [0.05, 0.1) is 6.10 Å². The molecule has 1 aliphatic rings. The highest BCUT2D eigenvalue weighted by Crippen LogP contribution is 2.21. The third kappa shape index (κ3) is 4.79. The van der Waals surface area contributed by atoms with Crippen molar-refractivity contribution in [2.45, 2.75) is 44.4 Å². The number of thioether (sulfide) groups is 1. The molecule has 0 amide bonds. The van der Waals surface area contributed by atoms with Crippen LogP contribution in [0.4, 0.5) is 4.39 Å². The average Bonchev–Trinajstić information content (AvgIpc) is 2.40. The van der Waals surface area contributed by atoms with Crippen LogP contribution in [0.1, 0.15) is 37.9 Å². The molecule has 0 bridgehead atoms. The summed E-state index contributed by atoms with van der Waals surface area (Å²) >= 11 is 2.01. The average molecular weight is 283 g/mol. The molecule has 0 radical (unpaired) electrons. The second-order valence-corrected chi connectivity index (χ2v) is 6.48. The van der Waals surface area contributed by atoms with Crippen LogP contribution < -0.4 is 5.32 Å². The summed E-state index contributed by atoms with van der Waals surface area (Å²) in [4.78, 5) is 0. The minimum Gasteiger partial charge on any atom is -0.388 e. The van der Waals surface area contributed by atoms with E-state index in [2.05, 4.69) is 12.2 Å². The van der Waals surface area contributed by atoms with Gasteiger partial charge in [-0.1, -0.05) is 12.1 Å². The number of aliphatic hydroxyl groups excluding tert-OH is 1. The third-order valence-corrected chi connectivity index (χ3v) is 4.62. The molecule has 0 aliphatic carbocycles. The Bertz CT molecular complexity index is 378. The van der Waals surface area contributed by atoms with Gasteiger partial charge in [0.2, 0.25) is 0 Å². The van der Waals surface area contributed by atoms with Crippen molar-refractivity contribution in [3.8, 4) is 0 Å². The quantitative estimate of drug-likeness (QED) is 0.871. The van der Waals surface area contributed by atoms with Gasteiger partial charge in [0.1, 0.15) is 5.82 Å². The monoisotopic (exact) mass is 283 g/mol. The number of aliphatic hydroxyl groups is 1. The lowest BCUT2D eigenvalue weighted by Gasteiger charge is -2.27. The van der Waals surface area contributed by atoms with E-state index < -0.39 is 6.10 Å². The van der Waals surface area contributed by atoms with E-state index >= 15 is 0 Å². The normalized spacial score (nSPS) is 20.2. The highest BCUT2D eigenvalue weighted by molar-refractivity contribution is 7.99. The lowest BCUT2D eigenvalue weighted by molar-refractivity contribution is 0.151. The van der Waals surface area contributed by atoms with Crippen LogP contribution in [-0.4, -0.2) is 28.7 Å². The van der Waals surface area contributed by atoms with Crippen molar-refractivity contribution in [3.63, 3.8) is 0 Å². The molecule has 2 rings (SSSR count). The molecule has 0 aromatic heterocycles. The first-order valence-corrected chi connectivity index (χ1v) is 8.08. The molecule has 0 saturated carbocycles. The smallest absolute Gasteiger partial charge is 0.123 e. The number of hydrogen-bond acceptors (Lipinski definition) is 3. The molecule has 1 fully saturated rings. The van der Waals surface area contributed by atoms with Gasteiger partial charge in [-0.3, -0.25) is 0 Å². The molecule has 0 spiro atoms. The maximum atomic E-state index is 12.8. The van der Waals surface area contributed by atoms with E-state index in [-0.39, 0.29) is 11.9 Å². The van der Waals surface area contributed by atoms with Crippen LogP contribution >= 0.6 is 11.8 Å². The fraction of sp³-hybridized carbons (Fsp3) is 0.600. The molecular formula is C15H22FNOS. The summed E-state index contributed by atoms with van der Waals surface area (Å²) in [7, 11) is 0. The van der Waals surface area contributed by atoms with Crippen molar-refractivity contribution in [3.05, 3.63) is 35.6 Å². The topological polar surface area (TPSA) is 32.3 Å². The van der Waals surface area contributed by atoms with E-state index in [1.165, 1.54) is 36.5 Å². The number of rotatable bonds is 5. The molecule has 2 nitrogen and oxygen atoms in total. The van der Waals surface area contributed by atoms with Gasteiger partial charge in [-0.05, 0) is 55.4 Å². The summed E-state index contributed by atoms with van der Waals surface area (Å²) in [6.07, 6.45) is 2.56. The first-order chi connectivity index (χ1) is 9.15. The van der Waals surface area contributed by atoms with Crippen molar-refractivity contribution in [2.24, 2.45) is 0 Å². The van der Waals surface area contributed by atoms with Crippen LogP contribution in [0.5, 0.6) is 0 Å². The van der Waals surface area contributed by atoms with E-state index in [0.717, 1.165) is 5.56 Å². The van der Waals surface area contributed by atoms with Crippen molar-refractivity contribution in [1.29, 1.82) is 0 Å². The summed E-state index contributed by atoms with van der Waals surface area (Å²) < 4.78 is 12.8. The Morgan fingerprint density at radius 3 is 2.58 bits per heavy atom. The van der Waals surface area contributed by atoms with Crippen LogP contribution in [0.3, 0.4) is 0 Å². The van der Waals surface area contributed by atoms with E-state index in [1.54, 1.807) is 12.1 Å². The zero-order valence-electron chi connectivity index (χ0n) is 11.3. The molecule has 1 heterocycles. The Balaban J connectivity index is 1.80. The second kappa shape index (κ2) is 7.27. The van der Waals surface area contributed by atoms with E-state index in [9.17, 15) is 9.50 Å². The second-order valence-electron chi connectivity index (χ2n) is 5.26. The van der Waals surface area contributed by atoms with E-state index in [1.807, 2.05) is 11.8 Å². The van der Waals surface area contributed by atoms with Gasteiger partial charge in [-0.15, -0.1) is 0 Å². The highest BCUT2D eigenvalue weighted by atomic mass is 32.2. The number of benzene rings is 1. The molecule has 1 aromatic carbocycles. The van der Waals surface area contributed by atoms with Gasteiger partial charge < -0.3 is 10.4 Å². The van der Waals surface area contributed by atoms with E-state index in [4.69, 9.17) is 0 Å². The van der Waals surface area contributed by atoms with Crippen molar-refractivity contribution in [2.75, 3.05) is 11.5 Å². The minimum atomic E-state index is -0.527. The van der Waals surface area contributed by atoms with E-state index in [0.29, 0.717) is 12.5 Å². The number of halogens is 1. The molecule has 4 heteroatoms. The maximum Gasteiger partial charge on any atom is 0.123 e. The molecule has 1 saturated heterocycles.